The van der Waals surface area contributed by atoms with E-state index in [1.807, 2.05) is 7.05 Å². The summed E-state index contributed by atoms with van der Waals surface area (Å²) in [5.41, 5.74) is -0.912. The van der Waals surface area contributed by atoms with Gasteiger partial charge >= 0.3 is 0 Å². The maximum absolute atomic E-state index is 12.4. The molecule has 0 saturated heterocycles. The van der Waals surface area contributed by atoms with Gasteiger partial charge in [0.2, 0.25) is 5.91 Å². The Hall–Kier alpha value is -1.50. The number of carbonyl (C=O) groups is 2. The second-order valence-corrected chi connectivity index (χ2v) is 6.14. The van der Waals surface area contributed by atoms with Crippen LogP contribution in [0.5, 0.6) is 0 Å². The lowest BCUT2D eigenvalue weighted by Gasteiger charge is -2.33. The quantitative estimate of drug-likeness (QED) is 0.799. The van der Waals surface area contributed by atoms with E-state index in [0.717, 1.165) is 6.54 Å². The van der Waals surface area contributed by atoms with E-state index in [1.165, 1.54) is 32.1 Å². The molecular formula is C16H26N2O2. The van der Waals surface area contributed by atoms with Crippen molar-refractivity contribution in [3.05, 3.63) is 0 Å². The number of rotatable bonds is 4. The van der Waals surface area contributed by atoms with E-state index in [-0.39, 0.29) is 5.91 Å². The minimum absolute atomic E-state index is 0.0608. The van der Waals surface area contributed by atoms with Crippen LogP contribution in [0, 0.1) is 17.8 Å². The molecule has 4 heteroatoms. The largest absolute Gasteiger partial charge is 0.343 e. The first-order chi connectivity index (χ1) is 9.36. The fourth-order valence-electron chi connectivity index (χ4n) is 2.80. The van der Waals surface area contributed by atoms with Gasteiger partial charge < -0.3 is 10.2 Å². The summed E-state index contributed by atoms with van der Waals surface area (Å²) in [7, 11) is 1.82. The van der Waals surface area contributed by atoms with E-state index >= 15 is 0 Å². The van der Waals surface area contributed by atoms with Crippen molar-refractivity contribution in [3.63, 3.8) is 0 Å². The predicted octanol–water partition coefficient (Wildman–Crippen LogP) is 1.94. The van der Waals surface area contributed by atoms with Crippen LogP contribution in [-0.4, -0.2) is 35.8 Å². The van der Waals surface area contributed by atoms with E-state index in [4.69, 9.17) is 0 Å². The molecule has 0 unspecified atom stereocenters. The lowest BCUT2D eigenvalue weighted by molar-refractivity contribution is -0.138. The average Bonchev–Trinajstić information content (AvgIpc) is 2.38. The van der Waals surface area contributed by atoms with Gasteiger partial charge in [-0.25, -0.2) is 0 Å². The normalized spacial score (nSPS) is 16.0. The smallest absolute Gasteiger partial charge is 0.296 e. The fourth-order valence-corrected chi connectivity index (χ4v) is 2.80. The summed E-state index contributed by atoms with van der Waals surface area (Å²) in [6.07, 6.45) is 6.24. The average molecular weight is 278 g/mol. The first-order valence-corrected chi connectivity index (χ1v) is 7.37. The molecule has 0 bridgehead atoms. The van der Waals surface area contributed by atoms with Crippen molar-refractivity contribution in [2.75, 3.05) is 13.6 Å². The highest BCUT2D eigenvalue weighted by molar-refractivity contribution is 5.98. The Bertz CT molecular complexity index is 412. The van der Waals surface area contributed by atoms with E-state index in [1.54, 1.807) is 25.7 Å². The molecule has 0 spiro atoms. The molecule has 20 heavy (non-hydrogen) atoms. The summed E-state index contributed by atoms with van der Waals surface area (Å²) in [5, 5.41) is 2.67. The third-order valence-corrected chi connectivity index (χ3v) is 3.80. The molecule has 4 nitrogen and oxygen atoms in total. The van der Waals surface area contributed by atoms with E-state index in [0.29, 0.717) is 5.92 Å². The first-order valence-electron chi connectivity index (χ1n) is 7.37. The van der Waals surface area contributed by atoms with Crippen LogP contribution in [0.15, 0.2) is 0 Å². The van der Waals surface area contributed by atoms with E-state index in [9.17, 15) is 9.59 Å². The topological polar surface area (TPSA) is 49.4 Å². The van der Waals surface area contributed by atoms with E-state index in [2.05, 4.69) is 17.2 Å². The Morgan fingerprint density at radius 1 is 1.25 bits per heavy atom. The van der Waals surface area contributed by atoms with Crippen molar-refractivity contribution in [1.29, 1.82) is 0 Å². The zero-order valence-electron chi connectivity index (χ0n) is 13.1. The van der Waals surface area contributed by atoms with Crippen LogP contribution in [0.1, 0.15) is 52.9 Å². The van der Waals surface area contributed by atoms with Crippen molar-refractivity contribution in [2.45, 2.75) is 58.4 Å². The summed E-state index contributed by atoms with van der Waals surface area (Å²) >= 11 is 0. The molecule has 1 fully saturated rings. The molecule has 1 N–H and O–H groups in total. The Morgan fingerprint density at radius 3 is 2.40 bits per heavy atom. The molecule has 0 aromatic heterocycles. The van der Waals surface area contributed by atoms with Crippen LogP contribution in [0.25, 0.3) is 0 Å². The summed E-state index contributed by atoms with van der Waals surface area (Å²) in [5.74, 6) is 5.07. The number of amides is 2. The molecule has 0 atom stereocenters. The monoisotopic (exact) mass is 278 g/mol. The number of hydrogen-bond donors (Lipinski definition) is 1. The van der Waals surface area contributed by atoms with Crippen molar-refractivity contribution in [1.82, 2.24) is 10.2 Å². The van der Waals surface area contributed by atoms with Gasteiger partial charge in [-0.1, -0.05) is 25.2 Å². The maximum Gasteiger partial charge on any atom is 0.296 e. The molecule has 0 aromatic rings. The van der Waals surface area contributed by atoms with E-state index < -0.39 is 11.4 Å². The molecule has 1 aliphatic carbocycles. The molecule has 1 rings (SSSR count). The minimum Gasteiger partial charge on any atom is -0.343 e. The van der Waals surface area contributed by atoms with Crippen molar-refractivity contribution >= 4 is 11.8 Å². The second-order valence-electron chi connectivity index (χ2n) is 6.14. The lowest BCUT2D eigenvalue weighted by Crippen LogP contribution is -2.55. The third-order valence-electron chi connectivity index (χ3n) is 3.80. The van der Waals surface area contributed by atoms with Gasteiger partial charge in [0, 0.05) is 13.6 Å². The van der Waals surface area contributed by atoms with Gasteiger partial charge in [0.05, 0.1) is 0 Å². The predicted molar refractivity (Wildman–Crippen MR) is 79.9 cm³/mol. The number of carbonyl (C=O) groups excluding carboxylic acids is 2. The van der Waals surface area contributed by atoms with Gasteiger partial charge in [-0.3, -0.25) is 9.59 Å². The summed E-state index contributed by atoms with van der Waals surface area (Å²) in [6.45, 7) is 5.82. The molecule has 1 saturated carbocycles. The van der Waals surface area contributed by atoms with Gasteiger partial charge in [0.15, 0.2) is 0 Å². The molecule has 112 valence electrons. The Balaban J connectivity index is 2.56. The molecule has 0 aliphatic heterocycles. The second kappa shape index (κ2) is 7.33. The highest BCUT2D eigenvalue weighted by Gasteiger charge is 2.32. The maximum atomic E-state index is 12.4. The Kier molecular flexibility index (Phi) is 6.06. The van der Waals surface area contributed by atoms with Crippen LogP contribution < -0.4 is 5.32 Å². The highest BCUT2D eigenvalue weighted by atomic mass is 16.2. The van der Waals surface area contributed by atoms with Crippen molar-refractivity contribution in [3.8, 4) is 11.8 Å². The zero-order valence-corrected chi connectivity index (χ0v) is 13.1. The van der Waals surface area contributed by atoms with Gasteiger partial charge in [-0.15, -0.1) is 0 Å². The fraction of sp³-hybridized carbons (Fsp3) is 0.750. The number of nitrogens with one attached hydrogen (secondary N) is 1. The van der Waals surface area contributed by atoms with Crippen molar-refractivity contribution in [2.24, 2.45) is 5.92 Å². The lowest BCUT2D eigenvalue weighted by atomic mass is 9.88. The van der Waals surface area contributed by atoms with Crippen LogP contribution >= 0.6 is 0 Å². The molecular weight excluding hydrogens is 252 g/mol. The van der Waals surface area contributed by atoms with Crippen LogP contribution in [0.2, 0.25) is 0 Å². The van der Waals surface area contributed by atoms with Crippen LogP contribution in [0.3, 0.4) is 0 Å². The van der Waals surface area contributed by atoms with Gasteiger partial charge in [0.25, 0.3) is 5.91 Å². The SMILES string of the molecule is CC#CC(=O)NC(C)(C)C(=O)N(C)CC1CCCCC1. The third kappa shape index (κ3) is 4.88. The Labute approximate surface area is 122 Å². The minimum atomic E-state index is -0.912. The van der Waals surface area contributed by atoms with Crippen LogP contribution in [-0.2, 0) is 9.59 Å². The number of hydrogen-bond acceptors (Lipinski definition) is 2. The molecule has 2 amide bonds. The van der Waals surface area contributed by atoms with Crippen molar-refractivity contribution < 1.29 is 9.59 Å². The van der Waals surface area contributed by atoms with Crippen LogP contribution in [0.4, 0.5) is 0 Å². The standard InChI is InChI=1S/C16H26N2O2/c1-5-9-14(19)17-16(2,3)15(20)18(4)12-13-10-7-6-8-11-13/h13H,6-8,10-12H2,1-4H3,(H,17,19). The molecule has 0 heterocycles. The zero-order chi connectivity index (χ0) is 15.2. The Morgan fingerprint density at radius 2 is 1.85 bits per heavy atom. The molecule has 0 aromatic carbocycles. The summed E-state index contributed by atoms with van der Waals surface area (Å²) < 4.78 is 0. The summed E-state index contributed by atoms with van der Waals surface area (Å²) in [4.78, 5) is 25.7. The molecule has 1 aliphatic rings. The first kappa shape index (κ1) is 16.6. The van der Waals surface area contributed by atoms with Gasteiger partial charge in [-0.2, -0.15) is 0 Å². The highest BCUT2D eigenvalue weighted by Crippen LogP contribution is 2.24. The van der Waals surface area contributed by atoms with Gasteiger partial charge in [-0.05, 0) is 45.5 Å². The van der Waals surface area contributed by atoms with Gasteiger partial charge in [0.1, 0.15) is 5.54 Å². The number of nitrogens with zero attached hydrogens (tertiary/aromatic N) is 1. The molecule has 0 radical (unpaired) electrons. The summed E-state index contributed by atoms with van der Waals surface area (Å²) in [6, 6.07) is 0. The number of likely N-dealkylation sites (N-methyl/N-ethyl adjacent to an activating group) is 1.